The first-order valence-corrected chi connectivity index (χ1v) is 11.9. The highest BCUT2D eigenvalue weighted by Gasteiger charge is 2.14. The smallest absolute Gasteiger partial charge is 0.0618 e. The first kappa shape index (κ1) is 27.2. The highest BCUT2D eigenvalue weighted by Crippen LogP contribution is 2.26. The fraction of sp³-hybridized carbons (Fsp3) is 0.607. The van der Waals surface area contributed by atoms with Gasteiger partial charge in [0.05, 0.1) is 6.07 Å². The van der Waals surface area contributed by atoms with Crippen molar-refractivity contribution in [2.75, 3.05) is 0 Å². The number of nitriles is 1. The molecular formula is C28H45N. The predicted molar refractivity (Wildman–Crippen MR) is 130 cm³/mol. The molecule has 0 saturated heterocycles. The second-order valence-electron chi connectivity index (χ2n) is 8.05. The molecule has 0 fully saturated rings. The highest BCUT2D eigenvalue weighted by molar-refractivity contribution is 5.14. The maximum atomic E-state index is 7.62. The van der Waals surface area contributed by atoms with E-state index >= 15 is 0 Å². The summed E-state index contributed by atoms with van der Waals surface area (Å²) in [6.45, 7) is 10.4. The van der Waals surface area contributed by atoms with Gasteiger partial charge in [-0.1, -0.05) is 101 Å². The third kappa shape index (κ3) is 16.8. The lowest BCUT2D eigenvalue weighted by Gasteiger charge is -2.22. The molecule has 2 unspecified atom stereocenters. The summed E-state index contributed by atoms with van der Waals surface area (Å²) >= 11 is 0. The van der Waals surface area contributed by atoms with Crippen LogP contribution in [0.15, 0.2) is 55.1 Å². The van der Waals surface area contributed by atoms with E-state index in [4.69, 9.17) is 5.26 Å². The van der Waals surface area contributed by atoms with Crippen LogP contribution in [0.5, 0.6) is 0 Å². The van der Waals surface area contributed by atoms with Crippen LogP contribution in [0.4, 0.5) is 0 Å². The molecule has 0 N–H and O–H groups in total. The quantitative estimate of drug-likeness (QED) is 0.214. The van der Waals surface area contributed by atoms with Gasteiger partial charge in [-0.05, 0) is 55.9 Å². The van der Waals surface area contributed by atoms with Crippen LogP contribution in [-0.2, 0) is 6.42 Å². The fourth-order valence-electron chi connectivity index (χ4n) is 3.63. The zero-order valence-electron chi connectivity index (χ0n) is 19.4. The molecule has 0 aliphatic heterocycles. The minimum atomic E-state index is 0.625. The van der Waals surface area contributed by atoms with E-state index in [1.807, 2.05) is 19.1 Å². The molecule has 0 saturated carbocycles. The van der Waals surface area contributed by atoms with Gasteiger partial charge in [0.2, 0.25) is 0 Å². The minimum absolute atomic E-state index is 0.625. The third-order valence-corrected chi connectivity index (χ3v) is 5.47. The fourth-order valence-corrected chi connectivity index (χ4v) is 3.63. The van der Waals surface area contributed by atoms with Gasteiger partial charge in [-0.25, -0.2) is 0 Å². The Kier molecular flexibility index (Phi) is 19.6. The van der Waals surface area contributed by atoms with E-state index < -0.39 is 0 Å². The largest absolute Gasteiger partial charge is 0.198 e. The van der Waals surface area contributed by atoms with Crippen LogP contribution in [0, 0.1) is 23.2 Å². The molecule has 162 valence electrons. The minimum Gasteiger partial charge on any atom is -0.198 e. The van der Waals surface area contributed by atoms with Crippen LogP contribution in [-0.4, -0.2) is 0 Å². The van der Waals surface area contributed by atoms with Crippen LogP contribution in [0.2, 0.25) is 0 Å². The molecule has 1 heteroatoms. The zero-order valence-corrected chi connectivity index (χ0v) is 19.4. The number of hydrogen-bond donors (Lipinski definition) is 0. The van der Waals surface area contributed by atoms with Crippen molar-refractivity contribution in [3.63, 3.8) is 0 Å². The Morgan fingerprint density at radius 2 is 1.69 bits per heavy atom. The van der Waals surface area contributed by atoms with Crippen molar-refractivity contribution in [3.8, 4) is 6.07 Å². The maximum Gasteiger partial charge on any atom is 0.0618 e. The number of allylic oxidation sites excluding steroid dienone is 3. The molecule has 2 atom stereocenters. The van der Waals surface area contributed by atoms with Crippen LogP contribution in [0.25, 0.3) is 0 Å². The van der Waals surface area contributed by atoms with Crippen molar-refractivity contribution in [1.29, 1.82) is 5.26 Å². The van der Waals surface area contributed by atoms with Gasteiger partial charge in [0.1, 0.15) is 0 Å². The van der Waals surface area contributed by atoms with Gasteiger partial charge in [-0.15, -0.1) is 6.58 Å². The Balaban J connectivity index is 0.00000178. The molecule has 0 bridgehead atoms. The molecule has 1 aromatic rings. The van der Waals surface area contributed by atoms with E-state index in [1.165, 1.54) is 69.8 Å². The van der Waals surface area contributed by atoms with Gasteiger partial charge in [-0.2, -0.15) is 5.26 Å². The molecule has 29 heavy (non-hydrogen) atoms. The summed E-state index contributed by atoms with van der Waals surface area (Å²) in [4.78, 5) is 0. The molecule has 0 amide bonds. The molecule has 1 nitrogen and oxygen atoms in total. The van der Waals surface area contributed by atoms with Gasteiger partial charge < -0.3 is 0 Å². The number of nitrogens with zero attached hydrogens (tertiary/aromatic N) is 1. The lowest BCUT2D eigenvalue weighted by molar-refractivity contribution is 0.308. The molecule has 0 radical (unpaired) electrons. The van der Waals surface area contributed by atoms with E-state index in [9.17, 15) is 0 Å². The van der Waals surface area contributed by atoms with E-state index in [0.29, 0.717) is 6.42 Å². The SMILES string of the molecule is C=CCCCC=CCC(CCC)C(C)CCCCCc1ccccc1.CCC#N. The molecule has 0 aliphatic carbocycles. The zero-order chi connectivity index (χ0) is 21.6. The van der Waals surface area contributed by atoms with Crippen LogP contribution in [0.1, 0.15) is 97.0 Å². The average molecular weight is 396 g/mol. The van der Waals surface area contributed by atoms with Crippen molar-refractivity contribution < 1.29 is 0 Å². The van der Waals surface area contributed by atoms with Crippen molar-refractivity contribution >= 4 is 0 Å². The van der Waals surface area contributed by atoms with Gasteiger partial charge in [-0.3, -0.25) is 0 Å². The van der Waals surface area contributed by atoms with Crippen molar-refractivity contribution in [1.82, 2.24) is 0 Å². The number of rotatable bonds is 15. The topological polar surface area (TPSA) is 23.8 Å². The summed E-state index contributed by atoms with van der Waals surface area (Å²) in [5.41, 5.74) is 1.49. The number of unbranched alkanes of at least 4 members (excludes halogenated alkanes) is 4. The van der Waals surface area contributed by atoms with Crippen molar-refractivity contribution in [2.45, 2.75) is 97.8 Å². The van der Waals surface area contributed by atoms with Crippen LogP contribution in [0.3, 0.4) is 0 Å². The monoisotopic (exact) mass is 395 g/mol. The Bertz CT molecular complexity index is 537. The molecular weight excluding hydrogens is 350 g/mol. The second kappa shape index (κ2) is 20.9. The van der Waals surface area contributed by atoms with Gasteiger partial charge in [0, 0.05) is 6.42 Å². The van der Waals surface area contributed by atoms with Gasteiger partial charge in [0.25, 0.3) is 0 Å². The summed E-state index contributed by atoms with van der Waals surface area (Å²) < 4.78 is 0. The van der Waals surface area contributed by atoms with Crippen LogP contribution < -0.4 is 0 Å². The summed E-state index contributed by atoms with van der Waals surface area (Å²) in [6, 6.07) is 12.8. The van der Waals surface area contributed by atoms with E-state index in [1.54, 1.807) is 0 Å². The highest BCUT2D eigenvalue weighted by atomic mass is 14.2. The van der Waals surface area contributed by atoms with Gasteiger partial charge in [0.15, 0.2) is 0 Å². The Hall–Kier alpha value is -1.81. The number of benzene rings is 1. The number of aryl methyl sites for hydroxylation is 1. The van der Waals surface area contributed by atoms with E-state index in [2.05, 4.69) is 62.9 Å². The summed E-state index contributed by atoms with van der Waals surface area (Å²) in [5.74, 6) is 1.73. The third-order valence-electron chi connectivity index (χ3n) is 5.47. The molecule has 0 heterocycles. The van der Waals surface area contributed by atoms with Gasteiger partial charge >= 0.3 is 0 Å². The lowest BCUT2D eigenvalue weighted by Crippen LogP contribution is -2.11. The first-order valence-electron chi connectivity index (χ1n) is 11.9. The second-order valence-corrected chi connectivity index (χ2v) is 8.05. The van der Waals surface area contributed by atoms with E-state index in [-0.39, 0.29) is 0 Å². The first-order chi connectivity index (χ1) is 14.2. The number of hydrogen-bond acceptors (Lipinski definition) is 1. The average Bonchev–Trinajstić information content (AvgIpc) is 2.76. The standard InChI is InChI=1S/C25H40.C3H5N/c1-4-6-7-8-9-16-22-25(17-5-2)23(3)18-12-10-13-19-24-20-14-11-15-21-24;1-2-3-4/h4,9,11,14-16,20-21,23,25H,1,5-8,10,12-13,17-19,22H2,2-3H3;2H2,1H3. The van der Waals surface area contributed by atoms with Crippen LogP contribution >= 0.6 is 0 Å². The summed E-state index contributed by atoms with van der Waals surface area (Å²) in [6.07, 6.45) is 21.7. The molecule has 0 aliphatic rings. The summed E-state index contributed by atoms with van der Waals surface area (Å²) in [7, 11) is 0. The molecule has 0 aromatic heterocycles. The lowest BCUT2D eigenvalue weighted by atomic mass is 9.83. The Morgan fingerprint density at radius 3 is 2.31 bits per heavy atom. The van der Waals surface area contributed by atoms with Crippen molar-refractivity contribution in [2.24, 2.45) is 11.8 Å². The van der Waals surface area contributed by atoms with E-state index in [0.717, 1.165) is 18.3 Å². The van der Waals surface area contributed by atoms with Crippen molar-refractivity contribution in [3.05, 3.63) is 60.7 Å². The summed E-state index contributed by atoms with van der Waals surface area (Å²) in [5, 5.41) is 7.62. The maximum absolute atomic E-state index is 7.62. The molecule has 1 rings (SSSR count). The molecule has 1 aromatic carbocycles. The normalized spacial score (nSPS) is 12.6. The predicted octanol–water partition coefficient (Wildman–Crippen LogP) is 9.06. The Morgan fingerprint density at radius 1 is 0.966 bits per heavy atom. The molecule has 0 spiro atoms. The Labute approximate surface area is 181 Å².